The van der Waals surface area contributed by atoms with Gasteiger partial charge >= 0.3 is 5.97 Å². The van der Waals surface area contributed by atoms with Crippen molar-refractivity contribution in [3.05, 3.63) is 62.7 Å². The van der Waals surface area contributed by atoms with Gasteiger partial charge in [-0.3, -0.25) is 15.1 Å². The van der Waals surface area contributed by atoms with Gasteiger partial charge in [-0.15, -0.1) is 11.8 Å². The third-order valence-corrected chi connectivity index (χ3v) is 13.5. The van der Waals surface area contributed by atoms with Gasteiger partial charge in [0.05, 0.1) is 37.6 Å². The van der Waals surface area contributed by atoms with Crippen LogP contribution in [0.1, 0.15) is 61.8 Å². The van der Waals surface area contributed by atoms with Crippen molar-refractivity contribution >= 4 is 17.7 Å². The molecule has 6 unspecified atom stereocenters. The van der Waals surface area contributed by atoms with Gasteiger partial charge in [0.1, 0.15) is 18.6 Å². The van der Waals surface area contributed by atoms with Gasteiger partial charge in [-0.2, -0.15) is 0 Å². The Morgan fingerprint density at radius 2 is 1.75 bits per heavy atom. The summed E-state index contributed by atoms with van der Waals surface area (Å²) in [7, 11) is 4.97. The summed E-state index contributed by atoms with van der Waals surface area (Å²) in [5.74, 6) is 1.32. The molecule has 2 fully saturated rings. The summed E-state index contributed by atoms with van der Waals surface area (Å²) in [4.78, 5) is 18.7. The molecule has 15 heteroatoms. The average Bonchev–Trinajstić information content (AvgIpc) is 3.60. The van der Waals surface area contributed by atoms with E-state index in [1.807, 2.05) is 24.9 Å². The molecular formula is C37H41AcN3O10S. The minimum Gasteiger partial charge on any atom is -0.507 e. The summed E-state index contributed by atoms with van der Waals surface area (Å²) in [6.07, 6.45) is 0.0426. The second-order valence-corrected chi connectivity index (χ2v) is 15.5. The summed E-state index contributed by atoms with van der Waals surface area (Å²) >= 11 is 1.47. The first-order valence-electron chi connectivity index (χ1n) is 17.2. The van der Waals surface area contributed by atoms with E-state index in [0.29, 0.717) is 64.5 Å². The first-order valence-corrected chi connectivity index (χ1v) is 18.2. The monoisotopic (exact) mass is 946 g/mol. The Hall–Kier alpha value is -2.64. The fourth-order valence-electron chi connectivity index (χ4n) is 9.74. The van der Waals surface area contributed by atoms with Gasteiger partial charge in [-0.05, 0) is 68.1 Å². The van der Waals surface area contributed by atoms with Gasteiger partial charge in [0, 0.05) is 84.7 Å². The first-order chi connectivity index (χ1) is 24.5. The summed E-state index contributed by atoms with van der Waals surface area (Å²) in [5, 5.41) is 50.1. The maximum Gasteiger partial charge on any atom is 0.331 e. The van der Waals surface area contributed by atoms with Crippen molar-refractivity contribution in [3.63, 3.8) is 0 Å². The number of aliphatic hydroxyl groups excluding tert-OH is 1. The van der Waals surface area contributed by atoms with Gasteiger partial charge in [0.2, 0.25) is 6.79 Å². The first kappa shape index (κ1) is 36.3. The number of phenolic OH excluding ortho intramolecular Hbond substituents is 3. The minimum atomic E-state index is -1.32. The quantitative estimate of drug-likeness (QED) is 0.238. The van der Waals surface area contributed by atoms with E-state index in [4.69, 9.17) is 23.7 Å². The number of ether oxygens (including phenoxy) is 5. The molecule has 7 atom stereocenters. The van der Waals surface area contributed by atoms with Gasteiger partial charge in [0.15, 0.2) is 40.0 Å². The van der Waals surface area contributed by atoms with Crippen LogP contribution in [0.4, 0.5) is 0 Å². The Morgan fingerprint density at radius 3 is 2.50 bits per heavy atom. The number of esters is 1. The van der Waals surface area contributed by atoms with Crippen LogP contribution >= 0.6 is 11.8 Å². The fourth-order valence-corrected chi connectivity index (χ4v) is 11.4. The Labute approximate surface area is 341 Å². The van der Waals surface area contributed by atoms with E-state index in [-0.39, 0.29) is 92.3 Å². The number of nitrogens with zero attached hydrogens (tertiary/aromatic N) is 2. The van der Waals surface area contributed by atoms with E-state index in [0.717, 1.165) is 16.7 Å². The van der Waals surface area contributed by atoms with Crippen LogP contribution < -0.4 is 24.3 Å². The van der Waals surface area contributed by atoms with Gasteiger partial charge < -0.3 is 44.1 Å². The normalized spacial score (nSPS) is 30.0. The number of piperazine rings is 1. The Kier molecular flexibility index (Phi) is 9.08. The number of rotatable bonds is 2. The number of aryl methyl sites for hydroxylation is 1. The molecule has 13 nitrogen and oxygen atoms in total. The molecule has 52 heavy (non-hydrogen) atoms. The van der Waals surface area contributed by atoms with Crippen LogP contribution in [0.3, 0.4) is 0 Å². The third-order valence-electron chi connectivity index (χ3n) is 12.0. The molecule has 7 heterocycles. The van der Waals surface area contributed by atoms with Gasteiger partial charge in [-0.1, -0.05) is 6.07 Å². The molecule has 5 N–H and O–H groups in total. The number of benzene rings is 3. The van der Waals surface area contributed by atoms with Crippen LogP contribution in [0.25, 0.3) is 0 Å². The van der Waals surface area contributed by atoms with Crippen molar-refractivity contribution < 1.29 is 93.0 Å². The zero-order valence-corrected chi connectivity index (χ0v) is 35.1. The van der Waals surface area contributed by atoms with Crippen LogP contribution in [0, 0.1) is 57.9 Å². The van der Waals surface area contributed by atoms with E-state index in [9.17, 15) is 25.2 Å². The van der Waals surface area contributed by atoms with Crippen molar-refractivity contribution in [2.24, 2.45) is 0 Å². The zero-order valence-electron chi connectivity index (χ0n) is 29.6. The average molecular weight is 947 g/mol. The number of aromatic hydroxyl groups is 3. The maximum atomic E-state index is 14.6. The Bertz CT molecular complexity index is 2020. The number of thioether (sulfide) groups is 1. The molecule has 1 radical (unpaired) electrons. The van der Waals surface area contributed by atoms with E-state index in [1.54, 1.807) is 26.2 Å². The molecule has 273 valence electrons. The predicted molar refractivity (Wildman–Crippen MR) is 185 cm³/mol. The maximum absolute atomic E-state index is 14.6. The molecule has 10 rings (SSSR count). The molecule has 4 bridgehead atoms. The number of hydrogen-bond donors (Lipinski definition) is 5. The van der Waals surface area contributed by atoms with Crippen LogP contribution in [0.15, 0.2) is 18.2 Å². The van der Waals surface area contributed by atoms with E-state index in [1.165, 1.54) is 18.9 Å². The molecule has 2 saturated heterocycles. The summed E-state index contributed by atoms with van der Waals surface area (Å²) in [6.45, 7) is 3.96. The van der Waals surface area contributed by atoms with Gasteiger partial charge in [-0.25, -0.2) is 4.79 Å². The molecule has 0 aliphatic carbocycles. The number of carbonyl (C=O) groups is 1. The summed E-state index contributed by atoms with van der Waals surface area (Å²) in [6, 6.07) is 3.30. The van der Waals surface area contributed by atoms with E-state index < -0.39 is 41.1 Å². The molecule has 7 aliphatic heterocycles. The molecule has 1 spiro atoms. The van der Waals surface area contributed by atoms with E-state index in [2.05, 4.69) is 10.2 Å². The Balaban J connectivity index is 0.00000387. The van der Waals surface area contributed by atoms with Gasteiger partial charge in [0.25, 0.3) is 0 Å². The number of methoxy groups -OCH3 is 2. The van der Waals surface area contributed by atoms with E-state index >= 15 is 0 Å². The zero-order chi connectivity index (χ0) is 35.7. The predicted octanol–water partition coefficient (Wildman–Crippen LogP) is 3.19. The number of hydrogen-bond acceptors (Lipinski definition) is 14. The third kappa shape index (κ3) is 4.82. The van der Waals surface area contributed by atoms with Crippen LogP contribution in [-0.4, -0.2) is 101 Å². The largest absolute Gasteiger partial charge is 0.507 e. The number of likely N-dealkylation sites (N-methyl/N-ethyl adjacent to an activating group) is 1. The SMILES string of the molecule is COc1cc2c(cc1O)CCN[C@]21CSC2c3c(O)c(C)c4c(c3C(COC1=O)N1C(O)C3Cc5cc(C)c(OC)c(O)c5C(C21)N3C)OCO4.[Ac]. The smallest absolute Gasteiger partial charge is 0.331 e. The molecule has 0 saturated carbocycles. The second kappa shape index (κ2) is 13.0. The number of fused-ring (bicyclic) bond motifs is 9. The van der Waals surface area contributed by atoms with Crippen molar-refractivity contribution in [2.75, 3.05) is 47.0 Å². The van der Waals surface area contributed by atoms with Crippen LogP contribution in [0.2, 0.25) is 0 Å². The number of nitrogens with one attached hydrogen (secondary N) is 1. The molecule has 3 aromatic rings. The van der Waals surface area contributed by atoms with Crippen molar-refractivity contribution in [2.45, 2.75) is 67.9 Å². The topological polar surface area (TPSA) is 163 Å². The van der Waals surface area contributed by atoms with Crippen LogP contribution in [-0.2, 0) is 27.9 Å². The second-order valence-electron chi connectivity index (χ2n) is 14.4. The molecular weight excluding hydrogens is 905 g/mol. The van der Waals surface area contributed by atoms with Crippen molar-refractivity contribution in [3.8, 4) is 40.2 Å². The van der Waals surface area contributed by atoms with Crippen molar-refractivity contribution in [1.82, 2.24) is 15.1 Å². The van der Waals surface area contributed by atoms with Crippen molar-refractivity contribution in [1.29, 1.82) is 0 Å². The standard InChI is InChI=1S/C37H41N3O10S.Ac/c1-15-8-18-9-20-35(44)40-21-12-48-36(45)37(19-11-23(46-4)22(41)10-17(19)6-7-38-37)13-51-34(26-25(21)33-32(49-14-50-33)16(2)29(26)42)28(40)27(39(20)3)24(18)30(43)31(15)47-5;/h8,10-11,20-21,27-28,34-35,38,41-44H,6-7,9,12-14H2,1-5H3;/t20?,21?,27?,28?,34?,35?,37-;/m1./s1. The minimum absolute atomic E-state index is 0. The fraction of sp³-hybridized carbons (Fsp3) is 0.486. The number of phenols is 3. The molecule has 7 aliphatic rings. The number of carbonyl (C=O) groups excluding carboxylic acids is 1. The molecule has 3 aromatic carbocycles. The molecule has 0 amide bonds. The Morgan fingerprint density at radius 1 is 0.981 bits per heavy atom. The molecule has 0 aromatic heterocycles. The summed E-state index contributed by atoms with van der Waals surface area (Å²) < 4.78 is 29.5. The van der Waals surface area contributed by atoms with Crippen LogP contribution in [0.5, 0.6) is 40.2 Å². The number of aliphatic hydroxyl groups is 1. The summed E-state index contributed by atoms with van der Waals surface area (Å²) in [5.41, 5.74) is 4.38.